The van der Waals surface area contributed by atoms with Gasteiger partial charge >= 0.3 is 0 Å². The predicted molar refractivity (Wildman–Crippen MR) is 91.9 cm³/mol. The van der Waals surface area contributed by atoms with Crippen LogP contribution < -0.4 is 10.1 Å². The fourth-order valence-electron chi connectivity index (χ4n) is 2.63. The van der Waals surface area contributed by atoms with Crippen LogP contribution in [0.4, 0.5) is 5.69 Å². The number of fused-ring (bicyclic) bond motifs is 1. The molecule has 124 valence electrons. The van der Waals surface area contributed by atoms with E-state index in [-0.39, 0.29) is 11.7 Å². The molecule has 0 spiro atoms. The van der Waals surface area contributed by atoms with Crippen molar-refractivity contribution in [2.75, 3.05) is 11.9 Å². The lowest BCUT2D eigenvalue weighted by molar-refractivity contribution is 0.102. The number of phenols is 1. The zero-order valence-corrected chi connectivity index (χ0v) is 13.8. The zero-order chi connectivity index (χ0) is 17.3. The fraction of sp³-hybridized carbons (Fsp3) is 0.222. The van der Waals surface area contributed by atoms with Gasteiger partial charge in [0.25, 0.3) is 5.91 Å². The number of benzene rings is 1. The number of nitrogens with one attached hydrogen (secondary N) is 1. The van der Waals surface area contributed by atoms with Crippen molar-refractivity contribution in [1.29, 1.82) is 0 Å². The summed E-state index contributed by atoms with van der Waals surface area (Å²) in [6.45, 7) is 6.05. The number of pyridine rings is 1. The number of phenolic OH excluding ortho intramolecular Hbond substituents is 1. The number of aromatic nitrogens is 2. The van der Waals surface area contributed by atoms with Gasteiger partial charge in [-0.05, 0) is 50.6 Å². The van der Waals surface area contributed by atoms with Crippen molar-refractivity contribution < 1.29 is 14.6 Å². The maximum atomic E-state index is 12.7. The highest BCUT2D eigenvalue weighted by molar-refractivity contribution is 6.05. The number of aromatic hydroxyl groups is 1. The van der Waals surface area contributed by atoms with Crippen molar-refractivity contribution in [2.45, 2.75) is 20.8 Å². The summed E-state index contributed by atoms with van der Waals surface area (Å²) in [5.41, 5.74) is 2.87. The van der Waals surface area contributed by atoms with E-state index in [0.717, 1.165) is 5.56 Å². The summed E-state index contributed by atoms with van der Waals surface area (Å²) in [6.07, 6.45) is 1.77. The van der Waals surface area contributed by atoms with E-state index in [9.17, 15) is 9.90 Å². The van der Waals surface area contributed by atoms with Gasteiger partial charge in [-0.25, -0.2) is 4.98 Å². The van der Waals surface area contributed by atoms with Crippen molar-refractivity contribution in [2.24, 2.45) is 0 Å². The summed E-state index contributed by atoms with van der Waals surface area (Å²) in [6, 6.07) is 8.72. The lowest BCUT2D eigenvalue weighted by atomic mass is 10.2. The summed E-state index contributed by atoms with van der Waals surface area (Å²) < 4.78 is 7.26. The highest BCUT2D eigenvalue weighted by Crippen LogP contribution is 2.26. The number of hydrogen-bond acceptors (Lipinski definition) is 4. The second-order valence-electron chi connectivity index (χ2n) is 5.52. The van der Waals surface area contributed by atoms with Gasteiger partial charge in [-0.1, -0.05) is 6.07 Å². The van der Waals surface area contributed by atoms with Crippen molar-refractivity contribution >= 4 is 17.2 Å². The number of aryl methyl sites for hydroxylation is 2. The quantitative estimate of drug-likeness (QED) is 0.722. The first kappa shape index (κ1) is 15.9. The van der Waals surface area contributed by atoms with Crippen LogP contribution in [0.25, 0.3) is 5.65 Å². The number of amides is 1. The van der Waals surface area contributed by atoms with E-state index in [1.807, 2.05) is 26.0 Å². The molecule has 0 aliphatic rings. The van der Waals surface area contributed by atoms with E-state index in [0.29, 0.717) is 35.1 Å². The highest BCUT2D eigenvalue weighted by Gasteiger charge is 2.19. The average Bonchev–Trinajstić information content (AvgIpc) is 2.87. The molecule has 0 radical (unpaired) electrons. The molecular weight excluding hydrogens is 306 g/mol. The Kier molecular flexibility index (Phi) is 4.12. The Hall–Kier alpha value is -3.02. The molecule has 0 saturated heterocycles. The molecule has 3 aromatic rings. The second-order valence-corrected chi connectivity index (χ2v) is 5.52. The third-order valence-corrected chi connectivity index (χ3v) is 3.70. The van der Waals surface area contributed by atoms with Gasteiger partial charge in [-0.3, -0.25) is 9.20 Å². The molecule has 0 bridgehead atoms. The minimum absolute atomic E-state index is 0.0322. The Labute approximate surface area is 139 Å². The monoisotopic (exact) mass is 325 g/mol. The summed E-state index contributed by atoms with van der Waals surface area (Å²) in [4.78, 5) is 17.1. The van der Waals surface area contributed by atoms with Crippen LogP contribution in [0.5, 0.6) is 11.5 Å². The lowest BCUT2D eigenvalue weighted by Crippen LogP contribution is -2.15. The van der Waals surface area contributed by atoms with Crippen molar-refractivity contribution in [3.63, 3.8) is 0 Å². The second kappa shape index (κ2) is 6.23. The van der Waals surface area contributed by atoms with Crippen LogP contribution in [0.3, 0.4) is 0 Å². The number of carbonyl (C=O) groups is 1. The maximum absolute atomic E-state index is 12.7. The van der Waals surface area contributed by atoms with Gasteiger partial charge in [0.2, 0.25) is 0 Å². The van der Waals surface area contributed by atoms with Crippen molar-refractivity contribution in [3.05, 3.63) is 53.5 Å². The Morgan fingerprint density at radius 1 is 1.33 bits per heavy atom. The number of anilines is 1. The smallest absolute Gasteiger partial charge is 0.274 e. The normalized spacial score (nSPS) is 10.8. The van der Waals surface area contributed by atoms with E-state index in [1.54, 1.807) is 35.7 Å². The molecule has 0 fully saturated rings. The summed E-state index contributed by atoms with van der Waals surface area (Å²) >= 11 is 0. The van der Waals surface area contributed by atoms with Crippen LogP contribution in [0.2, 0.25) is 0 Å². The van der Waals surface area contributed by atoms with E-state index < -0.39 is 0 Å². The van der Waals surface area contributed by atoms with Crippen molar-refractivity contribution in [3.8, 4) is 11.5 Å². The third kappa shape index (κ3) is 2.78. The lowest BCUT2D eigenvalue weighted by Gasteiger charge is -2.09. The zero-order valence-electron chi connectivity index (χ0n) is 13.8. The molecule has 2 aromatic heterocycles. The SMILES string of the molecule is CCOc1cccn2c(C(=O)Nc3ccc(C)cc3O)c(C)nc12. The minimum atomic E-state index is -0.340. The third-order valence-electron chi connectivity index (χ3n) is 3.70. The van der Waals surface area contributed by atoms with Crippen LogP contribution in [0, 0.1) is 13.8 Å². The molecular formula is C18H19N3O3. The Morgan fingerprint density at radius 3 is 2.83 bits per heavy atom. The largest absolute Gasteiger partial charge is 0.506 e. The Balaban J connectivity index is 2.01. The molecule has 24 heavy (non-hydrogen) atoms. The Morgan fingerprint density at radius 2 is 2.12 bits per heavy atom. The number of carbonyl (C=O) groups excluding carboxylic acids is 1. The molecule has 1 amide bonds. The van der Waals surface area contributed by atoms with Gasteiger partial charge in [0.05, 0.1) is 18.0 Å². The molecule has 2 N–H and O–H groups in total. The number of ether oxygens (including phenoxy) is 1. The first-order valence-corrected chi connectivity index (χ1v) is 7.72. The van der Waals surface area contributed by atoms with Gasteiger partial charge in [-0.2, -0.15) is 0 Å². The molecule has 6 nitrogen and oxygen atoms in total. The number of imidazole rings is 1. The molecule has 0 aliphatic carbocycles. The molecule has 0 aliphatic heterocycles. The summed E-state index contributed by atoms with van der Waals surface area (Å²) in [7, 11) is 0. The highest BCUT2D eigenvalue weighted by atomic mass is 16.5. The minimum Gasteiger partial charge on any atom is -0.506 e. The molecule has 6 heteroatoms. The standard InChI is InChI=1S/C18H19N3O3/c1-4-24-15-6-5-9-21-16(12(3)19-17(15)21)18(23)20-13-8-7-11(2)10-14(13)22/h5-10,22H,4H2,1-3H3,(H,20,23). The molecule has 0 atom stereocenters. The Bertz CT molecular complexity index is 915. The van der Waals surface area contributed by atoms with Crippen LogP contribution in [0.15, 0.2) is 36.5 Å². The molecule has 3 rings (SSSR count). The van der Waals surface area contributed by atoms with E-state index in [2.05, 4.69) is 10.3 Å². The van der Waals surface area contributed by atoms with Crippen LogP contribution >= 0.6 is 0 Å². The van der Waals surface area contributed by atoms with E-state index in [4.69, 9.17) is 4.74 Å². The van der Waals surface area contributed by atoms with Gasteiger partial charge in [0.15, 0.2) is 11.4 Å². The van der Waals surface area contributed by atoms with Gasteiger partial charge in [-0.15, -0.1) is 0 Å². The van der Waals surface area contributed by atoms with Crippen LogP contribution in [0.1, 0.15) is 28.7 Å². The number of nitrogens with zero attached hydrogens (tertiary/aromatic N) is 2. The fourth-order valence-corrected chi connectivity index (χ4v) is 2.63. The molecule has 0 unspecified atom stereocenters. The van der Waals surface area contributed by atoms with Crippen molar-refractivity contribution in [1.82, 2.24) is 9.38 Å². The molecule has 1 aromatic carbocycles. The van der Waals surface area contributed by atoms with Gasteiger partial charge in [0.1, 0.15) is 11.4 Å². The molecule has 2 heterocycles. The summed E-state index contributed by atoms with van der Waals surface area (Å²) in [5.74, 6) is 0.318. The first-order valence-electron chi connectivity index (χ1n) is 7.72. The van der Waals surface area contributed by atoms with E-state index >= 15 is 0 Å². The topological polar surface area (TPSA) is 75.9 Å². The van der Waals surface area contributed by atoms with Crippen LogP contribution in [-0.4, -0.2) is 27.0 Å². The maximum Gasteiger partial charge on any atom is 0.274 e. The first-order chi connectivity index (χ1) is 11.5. The number of rotatable bonds is 4. The van der Waals surface area contributed by atoms with Gasteiger partial charge in [0, 0.05) is 6.20 Å². The summed E-state index contributed by atoms with van der Waals surface area (Å²) in [5, 5.41) is 12.7. The van der Waals surface area contributed by atoms with E-state index in [1.165, 1.54) is 0 Å². The predicted octanol–water partition coefficient (Wildman–Crippen LogP) is 3.31. The van der Waals surface area contributed by atoms with Gasteiger partial charge < -0.3 is 15.2 Å². The average molecular weight is 325 g/mol. The van der Waals surface area contributed by atoms with Crippen LogP contribution in [-0.2, 0) is 0 Å². The molecule has 0 saturated carbocycles. The number of hydrogen-bond donors (Lipinski definition) is 2.